The number of aliphatic hydroxyl groups is 2. The van der Waals surface area contributed by atoms with Crippen molar-refractivity contribution in [3.8, 4) is 0 Å². The molecule has 0 radical (unpaired) electrons. The van der Waals surface area contributed by atoms with Crippen molar-refractivity contribution in [1.29, 1.82) is 0 Å². The van der Waals surface area contributed by atoms with Gasteiger partial charge in [-0.15, -0.1) is 0 Å². The van der Waals surface area contributed by atoms with Crippen LogP contribution in [0.3, 0.4) is 0 Å². The normalized spacial score (nSPS) is 23.3. The van der Waals surface area contributed by atoms with Gasteiger partial charge in [-0.1, -0.05) is 12.1 Å². The first-order valence-corrected chi connectivity index (χ1v) is 9.64. The molecule has 0 saturated carbocycles. The number of carbonyl (C=O) groups is 2. The van der Waals surface area contributed by atoms with Gasteiger partial charge in [0.2, 0.25) is 0 Å². The second kappa shape index (κ2) is 7.98. The Hall–Kier alpha value is -3.08. The Balaban J connectivity index is 1.46. The fourth-order valence-corrected chi connectivity index (χ4v) is 3.84. The van der Waals surface area contributed by atoms with Crippen LogP contribution < -0.4 is 11.2 Å². The van der Waals surface area contributed by atoms with Gasteiger partial charge in [-0.2, -0.15) is 0 Å². The Bertz CT molecular complexity index is 1070. The van der Waals surface area contributed by atoms with Crippen molar-refractivity contribution in [3.05, 3.63) is 68.0 Å². The maximum Gasteiger partial charge on any atom is 0.330 e. The molecule has 2 aromatic rings. The zero-order valence-corrected chi connectivity index (χ0v) is 16.0. The van der Waals surface area contributed by atoms with Crippen LogP contribution in [0.2, 0.25) is 0 Å². The van der Waals surface area contributed by atoms with Gasteiger partial charge in [0.1, 0.15) is 12.3 Å². The molecule has 1 aromatic carbocycles. The van der Waals surface area contributed by atoms with E-state index < -0.39 is 29.7 Å². The van der Waals surface area contributed by atoms with E-state index in [2.05, 4.69) is 4.98 Å². The Morgan fingerprint density at radius 1 is 1.10 bits per heavy atom. The summed E-state index contributed by atoms with van der Waals surface area (Å²) >= 11 is 0. The monoisotopic (exact) mass is 415 g/mol. The highest BCUT2D eigenvalue weighted by Crippen LogP contribution is 2.27. The summed E-state index contributed by atoms with van der Waals surface area (Å²) in [6.07, 6.45) is -0.507. The van der Waals surface area contributed by atoms with Gasteiger partial charge in [0, 0.05) is 24.7 Å². The molecule has 4 rings (SSSR count). The predicted molar refractivity (Wildman–Crippen MR) is 103 cm³/mol. The van der Waals surface area contributed by atoms with Crippen LogP contribution in [0.15, 0.2) is 40.1 Å². The summed E-state index contributed by atoms with van der Waals surface area (Å²) in [5, 5.41) is 19.1. The summed E-state index contributed by atoms with van der Waals surface area (Å²) in [7, 11) is 0. The van der Waals surface area contributed by atoms with Gasteiger partial charge >= 0.3 is 5.69 Å². The Morgan fingerprint density at radius 3 is 2.37 bits per heavy atom. The number of hydrogen-bond donors (Lipinski definition) is 3. The lowest BCUT2D eigenvalue weighted by Gasteiger charge is -2.16. The fourth-order valence-electron chi connectivity index (χ4n) is 3.84. The number of fused-ring (bicyclic) bond motifs is 1. The van der Waals surface area contributed by atoms with Gasteiger partial charge < -0.3 is 14.9 Å². The number of benzene rings is 1. The third kappa shape index (κ3) is 3.49. The maximum absolute atomic E-state index is 12.4. The zero-order chi connectivity index (χ0) is 21.4. The summed E-state index contributed by atoms with van der Waals surface area (Å²) in [5.41, 5.74) is -0.221. The van der Waals surface area contributed by atoms with Gasteiger partial charge in [0.15, 0.2) is 0 Å². The van der Waals surface area contributed by atoms with E-state index in [0.29, 0.717) is 17.5 Å². The molecular formula is C20H21N3O7. The van der Waals surface area contributed by atoms with Crippen LogP contribution in [0, 0.1) is 0 Å². The van der Waals surface area contributed by atoms with Gasteiger partial charge in [-0.25, -0.2) is 4.79 Å². The first-order valence-electron chi connectivity index (χ1n) is 9.64. The van der Waals surface area contributed by atoms with Crippen LogP contribution >= 0.6 is 0 Å². The van der Waals surface area contributed by atoms with Crippen LogP contribution in [0.4, 0.5) is 0 Å². The Kier molecular flexibility index (Phi) is 5.37. The zero-order valence-electron chi connectivity index (χ0n) is 16.0. The number of nitrogens with zero attached hydrogens (tertiary/aromatic N) is 2. The van der Waals surface area contributed by atoms with Crippen LogP contribution in [0.5, 0.6) is 0 Å². The van der Waals surface area contributed by atoms with Gasteiger partial charge in [0.05, 0.1) is 23.8 Å². The van der Waals surface area contributed by atoms with Gasteiger partial charge in [-0.05, 0) is 25.0 Å². The molecule has 0 bridgehead atoms. The molecule has 2 amide bonds. The molecule has 10 heteroatoms. The molecule has 3 N–H and O–H groups in total. The molecule has 0 aliphatic carbocycles. The third-order valence-electron chi connectivity index (χ3n) is 5.44. The summed E-state index contributed by atoms with van der Waals surface area (Å²) < 4.78 is 6.66. The Labute approximate surface area is 170 Å². The lowest BCUT2D eigenvalue weighted by Crippen LogP contribution is -2.35. The van der Waals surface area contributed by atoms with Crippen LogP contribution in [0.25, 0.3) is 0 Å². The average Bonchev–Trinajstić information content (AvgIpc) is 3.22. The minimum atomic E-state index is -0.920. The second-order valence-corrected chi connectivity index (χ2v) is 7.35. The molecule has 1 saturated heterocycles. The molecule has 30 heavy (non-hydrogen) atoms. The number of ether oxygens (including phenoxy) is 1. The van der Waals surface area contributed by atoms with Crippen molar-refractivity contribution in [2.75, 3.05) is 13.2 Å². The number of aromatic amines is 1. The smallest absolute Gasteiger partial charge is 0.330 e. The summed E-state index contributed by atoms with van der Waals surface area (Å²) in [6.45, 7) is -0.251. The summed E-state index contributed by atoms with van der Waals surface area (Å²) in [5.74, 6) is -0.726. The minimum absolute atomic E-state index is 0.103. The number of rotatable bonds is 6. The fraction of sp³-hybridized carbons (Fsp3) is 0.400. The Morgan fingerprint density at radius 2 is 1.77 bits per heavy atom. The van der Waals surface area contributed by atoms with Crippen LogP contribution in [-0.4, -0.2) is 61.8 Å². The van der Waals surface area contributed by atoms with Gasteiger partial charge in [0.25, 0.3) is 17.4 Å². The highest BCUT2D eigenvalue weighted by molar-refractivity contribution is 6.21. The maximum atomic E-state index is 12.4. The van der Waals surface area contributed by atoms with Crippen molar-refractivity contribution in [1.82, 2.24) is 14.5 Å². The molecule has 0 spiro atoms. The molecule has 1 fully saturated rings. The quantitative estimate of drug-likeness (QED) is 0.535. The van der Waals surface area contributed by atoms with Gasteiger partial charge in [-0.3, -0.25) is 28.8 Å². The summed E-state index contributed by atoms with van der Waals surface area (Å²) in [6, 6.07) is 6.59. The second-order valence-electron chi connectivity index (χ2n) is 7.35. The highest BCUT2D eigenvalue weighted by atomic mass is 16.5. The van der Waals surface area contributed by atoms with E-state index in [1.807, 2.05) is 0 Å². The lowest BCUT2D eigenvalue weighted by atomic mass is 10.1. The number of aryl methyl sites for hydroxylation is 1. The lowest BCUT2D eigenvalue weighted by molar-refractivity contribution is -0.0460. The van der Waals surface area contributed by atoms with Crippen LogP contribution in [0.1, 0.15) is 45.3 Å². The first kappa shape index (κ1) is 20.2. The average molecular weight is 415 g/mol. The molecule has 0 unspecified atom stereocenters. The number of carbonyl (C=O) groups excluding carboxylic acids is 2. The number of hydrogen-bond acceptors (Lipinski definition) is 7. The molecule has 1 aromatic heterocycles. The summed E-state index contributed by atoms with van der Waals surface area (Å²) in [4.78, 5) is 52.5. The number of nitrogens with one attached hydrogen (secondary N) is 1. The predicted octanol–water partition coefficient (Wildman–Crippen LogP) is -0.594. The molecule has 10 nitrogen and oxygen atoms in total. The molecule has 2 aliphatic heterocycles. The SMILES string of the molecule is O=C1c2ccccc2C(=O)N1CCCc1cn([C@H]2C[C@H](O)[C@@H](CO)O2)c(=O)[nH]c1=O. The van der Waals surface area contributed by atoms with Crippen molar-refractivity contribution >= 4 is 11.8 Å². The topological polar surface area (TPSA) is 142 Å². The minimum Gasteiger partial charge on any atom is -0.394 e. The van der Waals surface area contributed by atoms with Crippen molar-refractivity contribution in [3.63, 3.8) is 0 Å². The number of imide groups is 1. The molecule has 2 aliphatic rings. The van der Waals surface area contributed by atoms with Crippen molar-refractivity contribution < 1.29 is 24.5 Å². The standard InChI is InChI=1S/C20H21N3O7/c24-10-15-14(25)8-16(30-15)23-9-11(17(26)21-20(23)29)4-3-7-22-18(27)12-5-1-2-6-13(12)19(22)28/h1-2,5-6,9,14-16,24-25H,3-4,7-8,10H2,(H,21,26,29)/t14-,15+,16+/m0/s1. The van der Waals surface area contributed by atoms with Crippen molar-refractivity contribution in [2.24, 2.45) is 0 Å². The molecule has 3 atom stereocenters. The highest BCUT2D eigenvalue weighted by Gasteiger charge is 2.36. The third-order valence-corrected chi connectivity index (χ3v) is 5.44. The first-order chi connectivity index (χ1) is 14.4. The molecule has 158 valence electrons. The van der Waals surface area contributed by atoms with E-state index >= 15 is 0 Å². The molecular weight excluding hydrogens is 394 g/mol. The van der Waals surface area contributed by atoms with E-state index in [-0.39, 0.29) is 43.4 Å². The van der Waals surface area contributed by atoms with E-state index in [0.717, 1.165) is 4.90 Å². The molecule has 3 heterocycles. The van der Waals surface area contributed by atoms with E-state index in [4.69, 9.17) is 4.74 Å². The number of aromatic nitrogens is 2. The number of H-pyrrole nitrogens is 1. The van der Waals surface area contributed by atoms with E-state index in [9.17, 15) is 29.4 Å². The van der Waals surface area contributed by atoms with Crippen LogP contribution in [-0.2, 0) is 11.2 Å². The van der Waals surface area contributed by atoms with E-state index in [1.54, 1.807) is 24.3 Å². The largest absolute Gasteiger partial charge is 0.394 e. The number of aliphatic hydroxyl groups excluding tert-OH is 2. The van der Waals surface area contributed by atoms with Crippen molar-refractivity contribution in [2.45, 2.75) is 37.7 Å². The van der Waals surface area contributed by atoms with E-state index in [1.165, 1.54) is 10.8 Å². The number of amides is 2.